The minimum Gasteiger partial charge on any atom is -0.324 e. The Kier molecular flexibility index (Phi) is 4.88. The van der Waals surface area contributed by atoms with Gasteiger partial charge in [0.15, 0.2) is 0 Å². The van der Waals surface area contributed by atoms with E-state index in [4.69, 9.17) is 29.4 Å². The highest BCUT2D eigenvalue weighted by molar-refractivity contribution is 7.77. The summed E-state index contributed by atoms with van der Waals surface area (Å²) >= 11 is 0. The van der Waals surface area contributed by atoms with Crippen molar-refractivity contribution in [1.82, 2.24) is 0 Å². The molecule has 0 fully saturated rings. The first-order valence-corrected chi connectivity index (χ1v) is 8.56. The van der Waals surface area contributed by atoms with Crippen molar-refractivity contribution in [2.45, 2.75) is 12.6 Å². The van der Waals surface area contributed by atoms with Crippen LogP contribution in [0.15, 0.2) is 11.1 Å². The molecule has 0 aliphatic carbocycles. The summed E-state index contributed by atoms with van der Waals surface area (Å²) in [6, 6.07) is 0. The van der Waals surface area contributed by atoms with Gasteiger partial charge in [-0.05, 0) is 13.0 Å². The Bertz CT molecular complexity index is 396. The Balaban J connectivity index is 5.59. The molecule has 0 rings (SSSR count). The molecule has 96 valence electrons. The molecular weight excluding hydrogens is 285 g/mol. The Morgan fingerprint density at radius 3 is 1.44 bits per heavy atom. The van der Waals surface area contributed by atoms with Gasteiger partial charge in [-0.3, -0.25) is 13.7 Å². The van der Waals surface area contributed by atoms with Crippen LogP contribution in [0.1, 0.15) is 6.92 Å². The molecule has 0 aliphatic heterocycles. The van der Waals surface area contributed by atoms with Gasteiger partial charge in [-0.25, -0.2) is 0 Å². The van der Waals surface area contributed by atoms with Crippen molar-refractivity contribution < 1.29 is 43.1 Å². The molecule has 9 nitrogen and oxygen atoms in total. The van der Waals surface area contributed by atoms with Crippen molar-refractivity contribution in [2.24, 2.45) is 0 Å². The predicted molar refractivity (Wildman–Crippen MR) is 53.7 cm³/mol. The van der Waals surface area contributed by atoms with E-state index in [0.717, 1.165) is 6.92 Å². The van der Waals surface area contributed by atoms with Crippen LogP contribution in [0.4, 0.5) is 0 Å². The SMILES string of the molecule is CC(C=C(P(=O)(O)O)P(=O)(O)O)P(=O)(O)O. The molecule has 0 heterocycles. The molecule has 0 spiro atoms. The number of hydrogen-bond acceptors (Lipinski definition) is 3. The van der Waals surface area contributed by atoms with Gasteiger partial charge >= 0.3 is 22.8 Å². The van der Waals surface area contributed by atoms with Crippen LogP contribution in [-0.2, 0) is 13.7 Å². The minimum absolute atomic E-state index is 0.211. The van der Waals surface area contributed by atoms with Crippen LogP contribution in [0.25, 0.3) is 0 Å². The zero-order chi connectivity index (χ0) is 13.4. The van der Waals surface area contributed by atoms with Crippen molar-refractivity contribution in [1.29, 1.82) is 0 Å². The highest BCUT2D eigenvalue weighted by Gasteiger charge is 2.38. The third-order valence-electron chi connectivity index (χ3n) is 1.52. The second kappa shape index (κ2) is 4.82. The quantitative estimate of drug-likeness (QED) is 0.382. The molecule has 0 aliphatic rings. The molecule has 0 saturated carbocycles. The summed E-state index contributed by atoms with van der Waals surface area (Å²) in [7, 11) is -15.2. The van der Waals surface area contributed by atoms with E-state index in [2.05, 4.69) is 0 Å². The highest BCUT2D eigenvalue weighted by Crippen LogP contribution is 2.64. The molecule has 0 saturated heterocycles. The second-order valence-corrected chi connectivity index (χ2v) is 8.43. The van der Waals surface area contributed by atoms with E-state index in [0.29, 0.717) is 0 Å². The van der Waals surface area contributed by atoms with Crippen molar-refractivity contribution >= 4 is 22.8 Å². The number of hydrogen-bond donors (Lipinski definition) is 6. The van der Waals surface area contributed by atoms with Gasteiger partial charge < -0.3 is 29.4 Å². The average molecular weight is 296 g/mol. The predicted octanol–water partition coefficient (Wildman–Crippen LogP) is -0.251. The fourth-order valence-electron chi connectivity index (χ4n) is 0.677. The molecule has 6 N–H and O–H groups in total. The van der Waals surface area contributed by atoms with Gasteiger partial charge in [0, 0.05) is 0 Å². The summed E-state index contributed by atoms with van der Waals surface area (Å²) in [6.45, 7) is 0.881. The highest BCUT2D eigenvalue weighted by atomic mass is 31.2. The Labute approximate surface area is 90.3 Å². The fourth-order valence-corrected chi connectivity index (χ4v) is 3.45. The lowest BCUT2D eigenvalue weighted by atomic mass is 10.5. The molecule has 1 unspecified atom stereocenters. The maximum absolute atomic E-state index is 10.7. The van der Waals surface area contributed by atoms with Gasteiger partial charge in [0.1, 0.15) is 5.06 Å². The van der Waals surface area contributed by atoms with Crippen LogP contribution in [0.3, 0.4) is 0 Å². The molecular formula is C4H11O9P3. The Morgan fingerprint density at radius 2 is 1.25 bits per heavy atom. The smallest absolute Gasteiger partial charge is 0.324 e. The average Bonchev–Trinajstić information content (AvgIpc) is 1.92. The number of allylic oxidation sites excluding steroid dienone is 1. The Morgan fingerprint density at radius 1 is 0.938 bits per heavy atom. The van der Waals surface area contributed by atoms with Crippen molar-refractivity contribution in [3.05, 3.63) is 11.1 Å². The van der Waals surface area contributed by atoms with Crippen LogP contribution in [-0.4, -0.2) is 35.0 Å². The van der Waals surface area contributed by atoms with E-state index < -0.39 is 33.5 Å². The van der Waals surface area contributed by atoms with Gasteiger partial charge in [-0.2, -0.15) is 0 Å². The fraction of sp³-hybridized carbons (Fsp3) is 0.500. The lowest BCUT2D eigenvalue weighted by Crippen LogP contribution is -2.01. The van der Waals surface area contributed by atoms with Crippen LogP contribution >= 0.6 is 22.8 Å². The largest absolute Gasteiger partial charge is 0.364 e. The van der Waals surface area contributed by atoms with E-state index in [-0.39, 0.29) is 6.08 Å². The maximum Gasteiger partial charge on any atom is 0.364 e. The maximum atomic E-state index is 10.7. The summed E-state index contributed by atoms with van der Waals surface area (Å²) in [6.07, 6.45) is 0.211. The second-order valence-electron chi connectivity index (χ2n) is 2.94. The molecule has 0 aromatic carbocycles. The first-order valence-electron chi connectivity index (χ1n) is 3.65. The summed E-state index contributed by atoms with van der Waals surface area (Å²) in [5, 5.41) is -1.59. The van der Waals surface area contributed by atoms with E-state index in [1.165, 1.54) is 0 Å². The van der Waals surface area contributed by atoms with Crippen LogP contribution in [0.2, 0.25) is 0 Å². The lowest BCUT2D eigenvalue weighted by molar-refractivity contribution is 0.366. The van der Waals surface area contributed by atoms with Gasteiger partial charge in [0.25, 0.3) is 0 Å². The third-order valence-corrected chi connectivity index (χ3v) is 5.78. The van der Waals surface area contributed by atoms with Gasteiger partial charge in [-0.1, -0.05) is 0 Å². The van der Waals surface area contributed by atoms with E-state index in [1.807, 2.05) is 0 Å². The summed E-state index contributed by atoms with van der Waals surface area (Å²) in [4.78, 5) is 51.8. The Hall–Kier alpha value is 0.190. The molecule has 16 heavy (non-hydrogen) atoms. The molecule has 1 atom stereocenters. The van der Waals surface area contributed by atoms with Crippen LogP contribution < -0.4 is 0 Å². The first-order chi connectivity index (χ1) is 6.76. The molecule has 0 radical (unpaired) electrons. The summed E-state index contributed by atoms with van der Waals surface area (Å²) < 4.78 is 32.1. The first kappa shape index (κ1) is 16.2. The molecule has 0 bridgehead atoms. The zero-order valence-electron chi connectivity index (χ0n) is 7.90. The molecule has 0 aromatic heterocycles. The summed E-state index contributed by atoms with van der Waals surface area (Å²) in [5.41, 5.74) is -1.71. The van der Waals surface area contributed by atoms with Gasteiger partial charge in [0.2, 0.25) is 0 Å². The minimum atomic E-state index is -5.27. The number of rotatable bonds is 4. The van der Waals surface area contributed by atoms with E-state index >= 15 is 0 Å². The topological polar surface area (TPSA) is 173 Å². The zero-order valence-corrected chi connectivity index (χ0v) is 10.6. The van der Waals surface area contributed by atoms with Crippen molar-refractivity contribution in [3.8, 4) is 0 Å². The molecule has 0 amide bonds. The van der Waals surface area contributed by atoms with Crippen LogP contribution in [0, 0.1) is 0 Å². The normalized spacial score (nSPS) is 15.7. The monoisotopic (exact) mass is 296 g/mol. The van der Waals surface area contributed by atoms with Gasteiger partial charge in [0.05, 0.1) is 5.66 Å². The molecule has 12 heteroatoms. The lowest BCUT2D eigenvalue weighted by Gasteiger charge is -2.14. The van der Waals surface area contributed by atoms with Crippen LogP contribution in [0.5, 0.6) is 0 Å². The standard InChI is InChI=1S/C4H11O9P3/c1-3(14(5,6)7)2-4(15(8,9)10)16(11,12)13/h2-3H,1H3,(H2,5,6,7)(H2,8,9,10)(H2,11,12,13). The van der Waals surface area contributed by atoms with Gasteiger partial charge in [-0.15, -0.1) is 0 Å². The van der Waals surface area contributed by atoms with E-state index in [9.17, 15) is 13.7 Å². The van der Waals surface area contributed by atoms with Crippen molar-refractivity contribution in [3.63, 3.8) is 0 Å². The molecule has 0 aromatic rings. The summed E-state index contributed by atoms with van der Waals surface area (Å²) in [5.74, 6) is 0. The third kappa shape index (κ3) is 5.01. The van der Waals surface area contributed by atoms with E-state index in [1.54, 1.807) is 0 Å². The van der Waals surface area contributed by atoms with Crippen molar-refractivity contribution in [2.75, 3.05) is 0 Å².